The average Bonchev–Trinajstić information content (AvgIpc) is 3.79. The number of ether oxygens (including phenoxy) is 2. The van der Waals surface area contributed by atoms with E-state index in [0.717, 1.165) is 61.8 Å². The number of hydrogen-bond acceptors (Lipinski definition) is 12. The Morgan fingerprint density at radius 2 is 1.61 bits per heavy atom. The maximum Gasteiger partial charge on any atom is 0.262 e. The first-order valence-corrected chi connectivity index (χ1v) is 21.2. The lowest BCUT2D eigenvalue weighted by molar-refractivity contribution is -0.136. The molecule has 5 amide bonds. The molecule has 326 valence electrons. The Balaban J connectivity index is 0.733. The normalized spacial score (nSPS) is 21.0. The molecule has 0 radical (unpaired) electrons. The van der Waals surface area contributed by atoms with Crippen LogP contribution in [0.15, 0.2) is 60.7 Å². The molecule has 15 nitrogen and oxygen atoms in total. The van der Waals surface area contributed by atoms with Gasteiger partial charge in [0.1, 0.15) is 11.9 Å². The van der Waals surface area contributed by atoms with Crippen molar-refractivity contribution < 1.29 is 37.8 Å². The molecular formula is C45H57FN8O7. The van der Waals surface area contributed by atoms with E-state index in [-0.39, 0.29) is 42.2 Å². The van der Waals surface area contributed by atoms with Crippen LogP contribution in [0, 0.1) is 12.7 Å². The Morgan fingerprint density at radius 1 is 0.869 bits per heavy atom. The van der Waals surface area contributed by atoms with Gasteiger partial charge in [-0.3, -0.25) is 44.0 Å². The second kappa shape index (κ2) is 20.1. The van der Waals surface area contributed by atoms with Crippen LogP contribution in [0.5, 0.6) is 0 Å². The fraction of sp³-hybridized carbons (Fsp3) is 0.489. The van der Waals surface area contributed by atoms with Gasteiger partial charge in [-0.2, -0.15) is 0 Å². The number of imide groups is 2. The van der Waals surface area contributed by atoms with Crippen LogP contribution in [-0.4, -0.2) is 161 Å². The second-order valence-electron chi connectivity index (χ2n) is 16.4. The number of nitrogens with zero attached hydrogens (tertiary/aromatic N) is 5. The number of benzene rings is 3. The molecule has 61 heavy (non-hydrogen) atoms. The zero-order valence-electron chi connectivity index (χ0n) is 35.3. The summed E-state index contributed by atoms with van der Waals surface area (Å²) < 4.78 is 26.1. The molecule has 0 aliphatic carbocycles. The summed E-state index contributed by atoms with van der Waals surface area (Å²) in [6.07, 6.45) is 0.126. The van der Waals surface area contributed by atoms with Gasteiger partial charge in [-0.1, -0.05) is 24.3 Å². The van der Waals surface area contributed by atoms with Crippen molar-refractivity contribution in [2.45, 2.75) is 44.3 Å². The average molecular weight is 841 g/mol. The number of carbonyl (C=O) groups excluding carboxylic acids is 5. The van der Waals surface area contributed by atoms with Crippen molar-refractivity contribution in [1.82, 2.24) is 30.2 Å². The van der Waals surface area contributed by atoms with Crippen molar-refractivity contribution in [1.29, 1.82) is 0 Å². The van der Waals surface area contributed by atoms with E-state index >= 15 is 0 Å². The third kappa shape index (κ3) is 10.6. The summed E-state index contributed by atoms with van der Waals surface area (Å²) in [6, 6.07) is 18.3. The van der Waals surface area contributed by atoms with Gasteiger partial charge in [-0.15, -0.1) is 0 Å². The zero-order valence-corrected chi connectivity index (χ0v) is 35.3. The summed E-state index contributed by atoms with van der Waals surface area (Å²) in [7, 11) is 4.27. The van der Waals surface area contributed by atoms with E-state index in [9.17, 15) is 28.4 Å². The van der Waals surface area contributed by atoms with Gasteiger partial charge in [0.2, 0.25) is 17.7 Å². The van der Waals surface area contributed by atoms with Crippen molar-refractivity contribution >= 4 is 40.9 Å². The Bertz CT molecular complexity index is 2060. The standard InChI is InChI=1S/C45H57FN8O7/c1-30-5-4-6-38(46)36(30)27-52-28-37(40(29-52)50(2)3)31-7-10-33(11-8-31)53-18-16-51(17-19-53)20-22-61-24-23-60-21-15-47-42(56)26-48-32-9-12-34-35(25-32)45(59)54(44(34)58)39-13-14-41(55)49-43(39)57/h4-12,25,37,39-40,48H,13-24,26-29H2,1-3H3,(H,47,56)(H,49,55,57). The fourth-order valence-electron chi connectivity index (χ4n) is 8.70. The number of piperidine rings is 1. The highest BCUT2D eigenvalue weighted by Gasteiger charge is 2.44. The van der Waals surface area contributed by atoms with E-state index in [1.807, 2.05) is 13.0 Å². The van der Waals surface area contributed by atoms with Crippen molar-refractivity contribution in [3.63, 3.8) is 0 Å². The van der Waals surface area contributed by atoms with Crippen LogP contribution in [-0.2, 0) is 30.4 Å². The van der Waals surface area contributed by atoms with Gasteiger partial charge >= 0.3 is 0 Å². The molecule has 3 fully saturated rings. The third-order valence-corrected chi connectivity index (χ3v) is 12.2. The van der Waals surface area contributed by atoms with E-state index in [0.29, 0.717) is 57.2 Å². The Kier molecular flexibility index (Phi) is 14.4. The van der Waals surface area contributed by atoms with Crippen LogP contribution in [0.2, 0.25) is 0 Å². The predicted molar refractivity (Wildman–Crippen MR) is 228 cm³/mol. The highest BCUT2D eigenvalue weighted by atomic mass is 19.1. The minimum absolute atomic E-state index is 0.0457. The lowest BCUT2D eigenvalue weighted by Crippen LogP contribution is -2.54. The number of hydrogen-bond donors (Lipinski definition) is 3. The van der Waals surface area contributed by atoms with Gasteiger partial charge < -0.3 is 29.9 Å². The first kappa shape index (κ1) is 43.8. The van der Waals surface area contributed by atoms with E-state index in [4.69, 9.17) is 9.47 Å². The number of piperazine rings is 1. The molecule has 3 saturated heterocycles. The number of likely N-dealkylation sites (tertiary alicyclic amines) is 1. The molecule has 0 aromatic heterocycles. The monoisotopic (exact) mass is 840 g/mol. The zero-order chi connectivity index (χ0) is 43.0. The van der Waals surface area contributed by atoms with Gasteiger partial charge in [0, 0.05) is 94.2 Å². The number of nitrogens with one attached hydrogen (secondary N) is 3. The Morgan fingerprint density at radius 3 is 2.33 bits per heavy atom. The molecule has 0 spiro atoms. The Hall–Kier alpha value is -5.26. The van der Waals surface area contributed by atoms with Crippen LogP contribution in [0.25, 0.3) is 0 Å². The van der Waals surface area contributed by atoms with Crippen LogP contribution < -0.4 is 20.9 Å². The lowest BCUT2D eigenvalue weighted by atomic mass is 9.93. The van der Waals surface area contributed by atoms with Crippen LogP contribution >= 0.6 is 0 Å². The topological polar surface area (TPSA) is 156 Å². The smallest absolute Gasteiger partial charge is 0.262 e. The highest BCUT2D eigenvalue weighted by molar-refractivity contribution is 6.23. The molecule has 3 atom stereocenters. The number of likely N-dealkylation sites (N-methyl/N-ethyl adjacent to an activating group) is 1. The summed E-state index contributed by atoms with van der Waals surface area (Å²) >= 11 is 0. The molecule has 4 aliphatic heterocycles. The van der Waals surface area contributed by atoms with E-state index in [2.05, 4.69) is 73.9 Å². The molecule has 3 aromatic carbocycles. The molecule has 3 unspecified atom stereocenters. The van der Waals surface area contributed by atoms with Gasteiger partial charge in [0.25, 0.3) is 11.8 Å². The first-order valence-electron chi connectivity index (χ1n) is 21.2. The maximum atomic E-state index is 14.6. The van der Waals surface area contributed by atoms with Crippen molar-refractivity contribution in [2.75, 3.05) is 110 Å². The maximum absolute atomic E-state index is 14.6. The molecule has 4 heterocycles. The number of amides is 5. The first-order chi connectivity index (χ1) is 29.5. The van der Waals surface area contributed by atoms with Crippen LogP contribution in [0.1, 0.15) is 56.2 Å². The quantitative estimate of drug-likeness (QED) is 0.127. The molecule has 7 rings (SSSR count). The molecule has 0 saturated carbocycles. The summed E-state index contributed by atoms with van der Waals surface area (Å²) in [5, 5.41) is 7.92. The third-order valence-electron chi connectivity index (χ3n) is 12.2. The van der Waals surface area contributed by atoms with Gasteiger partial charge in [0.15, 0.2) is 0 Å². The highest BCUT2D eigenvalue weighted by Crippen LogP contribution is 2.34. The summed E-state index contributed by atoms with van der Waals surface area (Å²) in [5.74, 6) is -2.33. The molecule has 0 bridgehead atoms. The summed E-state index contributed by atoms with van der Waals surface area (Å²) in [6.45, 7) is 11.1. The summed E-state index contributed by atoms with van der Waals surface area (Å²) in [4.78, 5) is 72.6. The number of rotatable bonds is 18. The SMILES string of the molecule is Cc1cccc(F)c1CN1CC(c2ccc(N3CCN(CCOCCOCCNC(=O)CNc4ccc5c(c4)C(=O)N(C4CCC(=O)NC4=O)C5=O)CC3)cc2)C(N(C)C)C1. The van der Waals surface area contributed by atoms with E-state index in [1.165, 1.54) is 23.4 Å². The van der Waals surface area contributed by atoms with Crippen molar-refractivity contribution in [3.05, 3.63) is 94.3 Å². The minimum atomic E-state index is -1.04. The van der Waals surface area contributed by atoms with Crippen molar-refractivity contribution in [3.8, 4) is 0 Å². The van der Waals surface area contributed by atoms with Crippen LogP contribution in [0.4, 0.5) is 15.8 Å². The van der Waals surface area contributed by atoms with Gasteiger partial charge in [-0.05, 0) is 75.0 Å². The minimum Gasteiger partial charge on any atom is -0.378 e. The molecule has 16 heteroatoms. The second-order valence-corrected chi connectivity index (χ2v) is 16.4. The molecule has 3 N–H and O–H groups in total. The van der Waals surface area contributed by atoms with E-state index < -0.39 is 29.7 Å². The number of carbonyl (C=O) groups is 5. The number of anilines is 2. The fourth-order valence-corrected chi connectivity index (χ4v) is 8.70. The van der Waals surface area contributed by atoms with Gasteiger partial charge in [0.05, 0.1) is 44.1 Å². The lowest BCUT2D eigenvalue weighted by Gasteiger charge is -2.36. The van der Waals surface area contributed by atoms with Crippen LogP contribution in [0.3, 0.4) is 0 Å². The van der Waals surface area contributed by atoms with Gasteiger partial charge in [-0.25, -0.2) is 4.39 Å². The summed E-state index contributed by atoms with van der Waals surface area (Å²) in [5.41, 5.74) is 5.13. The molecule has 4 aliphatic rings. The van der Waals surface area contributed by atoms with Crippen molar-refractivity contribution in [2.24, 2.45) is 0 Å². The molecular weight excluding hydrogens is 784 g/mol. The number of fused-ring (bicyclic) bond motifs is 1. The predicted octanol–water partition coefficient (Wildman–Crippen LogP) is 2.45. The molecule has 3 aromatic rings. The van der Waals surface area contributed by atoms with E-state index in [1.54, 1.807) is 18.2 Å². The number of aryl methyl sites for hydroxylation is 1. The largest absolute Gasteiger partial charge is 0.378 e. The number of halogens is 1. The Labute approximate surface area is 356 Å².